The molecule has 2 amide bonds. The summed E-state index contributed by atoms with van der Waals surface area (Å²) in [7, 11) is 3.38. The van der Waals surface area contributed by atoms with Crippen molar-refractivity contribution in [1.82, 2.24) is 16.0 Å². The maximum absolute atomic E-state index is 10.8. The van der Waals surface area contributed by atoms with Gasteiger partial charge in [-0.3, -0.25) is 33.8 Å². The number of amides is 2. The molecule has 3 aromatic carbocycles. The Bertz CT molecular complexity index is 1820. The summed E-state index contributed by atoms with van der Waals surface area (Å²) in [6.45, 7) is 19.0. The highest BCUT2D eigenvalue weighted by Crippen LogP contribution is 2.13. The van der Waals surface area contributed by atoms with Crippen LogP contribution in [0.15, 0.2) is 89.6 Å². The summed E-state index contributed by atoms with van der Waals surface area (Å²) in [5.74, 6) is -1.09. The molecule has 0 radical (unpaired) electrons. The number of ketones is 4. The topological polar surface area (TPSA) is 225 Å². The second kappa shape index (κ2) is 35.5. The monoisotopic (exact) mass is 846 g/mol. The van der Waals surface area contributed by atoms with Gasteiger partial charge in [-0.15, -0.1) is 0 Å². The normalized spacial score (nSPS) is 11.2. The van der Waals surface area contributed by atoms with Crippen molar-refractivity contribution in [3.8, 4) is 0 Å². The standard InChI is InChI=1S/2C9H8O3.C9H10O.C7H11N.C5H11NO.2C4H9NO/c1-6(10)7-2-4-8(5-3-7)9(11)12;1-6(10)7-3-2-4-8(5-7)9(11)12;1-7-3-5-9(6-4-7)8(2)10;1-3-7-4-6(2)5-8-7;1-3-5(7)6-4-2;1-4(6)3-5-2;1-3-4(6)5-2/h2*2-5H,1H3,(H,11,12);3-6H,1-2H3;4-6H,3H2,1-2H3;3-4H2,1-2H3,(H,6,7);5H,3H2,1-2H3;3H2,1-2H3,(H,5,6). The number of aliphatic imine (C=N–C) groups is 1. The first kappa shape index (κ1) is 58.9. The predicted octanol–water partition coefficient (Wildman–Crippen LogP) is 7.84. The molecule has 14 nitrogen and oxygen atoms in total. The molecule has 334 valence electrons. The number of carboxylic acids is 2. The van der Waals surface area contributed by atoms with E-state index in [9.17, 15) is 38.4 Å². The third-order valence-corrected chi connectivity index (χ3v) is 7.53. The van der Waals surface area contributed by atoms with Gasteiger partial charge in [0.25, 0.3) is 0 Å². The Kier molecular flexibility index (Phi) is 34.3. The number of carboxylic acid groups (broad SMARTS) is 2. The van der Waals surface area contributed by atoms with Crippen molar-refractivity contribution >= 4 is 53.1 Å². The van der Waals surface area contributed by atoms with E-state index in [1.807, 2.05) is 58.2 Å². The molecule has 3 aromatic rings. The molecule has 61 heavy (non-hydrogen) atoms. The van der Waals surface area contributed by atoms with Crippen LogP contribution in [0.1, 0.15) is 139 Å². The highest BCUT2D eigenvalue weighted by atomic mass is 16.4. The molecular weight excluding hydrogens is 781 g/mol. The van der Waals surface area contributed by atoms with E-state index in [2.05, 4.69) is 40.9 Å². The SMILES string of the molecule is CC(=O)c1ccc(C(=O)O)cc1.CC(=O)c1ccc(C)cc1.CC(=O)c1cccc(C(=O)O)c1.CCC(=O)NC.CCC1=CC(C)C=N1.CCNC(=O)CC.CNCC(C)=O. The number of nitrogens with one attached hydrogen (secondary N) is 3. The van der Waals surface area contributed by atoms with Crippen molar-refractivity contribution in [1.29, 1.82) is 0 Å². The van der Waals surface area contributed by atoms with E-state index in [1.165, 1.54) is 61.5 Å². The van der Waals surface area contributed by atoms with Crippen LogP contribution in [0.2, 0.25) is 0 Å². The largest absolute Gasteiger partial charge is 0.478 e. The Morgan fingerprint density at radius 1 is 0.623 bits per heavy atom. The smallest absolute Gasteiger partial charge is 0.335 e. The minimum atomic E-state index is -1.02. The van der Waals surface area contributed by atoms with Crippen LogP contribution in [0.3, 0.4) is 0 Å². The molecule has 0 aliphatic carbocycles. The van der Waals surface area contributed by atoms with Crippen LogP contribution >= 0.6 is 0 Å². The molecule has 1 aliphatic heterocycles. The number of nitrogens with zero attached hydrogens (tertiary/aromatic N) is 1. The van der Waals surface area contributed by atoms with E-state index in [4.69, 9.17) is 10.2 Å². The molecule has 0 fully saturated rings. The average Bonchev–Trinajstić information content (AvgIpc) is 3.67. The summed E-state index contributed by atoms with van der Waals surface area (Å²) in [5.41, 5.74) is 4.49. The Morgan fingerprint density at radius 3 is 1.33 bits per heavy atom. The van der Waals surface area contributed by atoms with E-state index < -0.39 is 11.9 Å². The van der Waals surface area contributed by atoms with Gasteiger partial charge in [-0.2, -0.15) is 0 Å². The Morgan fingerprint density at radius 2 is 1.07 bits per heavy atom. The van der Waals surface area contributed by atoms with Gasteiger partial charge >= 0.3 is 11.9 Å². The molecule has 14 heteroatoms. The maximum atomic E-state index is 10.8. The van der Waals surface area contributed by atoms with Gasteiger partial charge in [0.1, 0.15) is 5.78 Å². The van der Waals surface area contributed by atoms with E-state index in [0.717, 1.165) is 18.5 Å². The molecule has 0 saturated carbocycles. The Hall–Kier alpha value is -6.41. The summed E-state index contributed by atoms with van der Waals surface area (Å²) in [6, 6.07) is 19.4. The van der Waals surface area contributed by atoms with Gasteiger partial charge in [-0.1, -0.05) is 87.9 Å². The molecule has 0 spiro atoms. The van der Waals surface area contributed by atoms with Crippen molar-refractivity contribution in [3.05, 3.63) is 118 Å². The summed E-state index contributed by atoms with van der Waals surface area (Å²) in [5, 5.41) is 25.0. The van der Waals surface area contributed by atoms with Crippen LogP contribution in [-0.2, 0) is 14.4 Å². The molecule has 1 aliphatic rings. The van der Waals surface area contributed by atoms with Crippen molar-refractivity contribution < 1.29 is 48.6 Å². The molecule has 4 rings (SSSR count). The summed E-state index contributed by atoms with van der Waals surface area (Å²) < 4.78 is 0. The number of likely N-dealkylation sites (N-methyl/N-ethyl adjacent to an activating group) is 1. The lowest BCUT2D eigenvalue weighted by molar-refractivity contribution is -0.121. The number of rotatable bonds is 11. The lowest BCUT2D eigenvalue weighted by atomic mass is 10.1. The van der Waals surface area contributed by atoms with Crippen LogP contribution in [0.5, 0.6) is 0 Å². The minimum Gasteiger partial charge on any atom is -0.478 e. The number of allylic oxidation sites excluding steroid dienone is 2. The highest BCUT2D eigenvalue weighted by Gasteiger charge is 2.05. The zero-order chi connectivity index (χ0) is 47.5. The molecule has 0 bridgehead atoms. The number of Topliss-reactive ketones (excluding diaryl/α,β-unsaturated/α-hetero) is 4. The molecular formula is C47H66N4O10. The zero-order valence-electron chi connectivity index (χ0n) is 37.8. The van der Waals surface area contributed by atoms with E-state index >= 15 is 0 Å². The van der Waals surface area contributed by atoms with Gasteiger partial charge in [0.2, 0.25) is 11.8 Å². The third kappa shape index (κ3) is 32.2. The fourth-order valence-corrected chi connectivity index (χ4v) is 4.07. The van der Waals surface area contributed by atoms with Gasteiger partial charge in [-0.25, -0.2) is 9.59 Å². The predicted molar refractivity (Wildman–Crippen MR) is 242 cm³/mol. The van der Waals surface area contributed by atoms with Crippen LogP contribution in [0.25, 0.3) is 0 Å². The molecule has 1 atom stereocenters. The number of carbonyl (C=O) groups is 8. The van der Waals surface area contributed by atoms with Crippen LogP contribution in [0, 0.1) is 12.8 Å². The average molecular weight is 847 g/mol. The summed E-state index contributed by atoms with van der Waals surface area (Å²) in [4.78, 5) is 87.7. The van der Waals surface area contributed by atoms with Crippen LogP contribution in [0.4, 0.5) is 0 Å². The number of hydrogen-bond acceptors (Lipinski definition) is 10. The quantitative estimate of drug-likeness (QED) is 0.117. The lowest BCUT2D eigenvalue weighted by Crippen LogP contribution is -2.20. The van der Waals surface area contributed by atoms with Crippen molar-refractivity contribution in [3.63, 3.8) is 0 Å². The second-order valence-electron chi connectivity index (χ2n) is 13.0. The third-order valence-electron chi connectivity index (χ3n) is 7.53. The second-order valence-corrected chi connectivity index (χ2v) is 13.0. The number of aryl methyl sites for hydroxylation is 1. The molecule has 0 aromatic heterocycles. The summed E-state index contributed by atoms with van der Waals surface area (Å²) in [6.07, 6.45) is 6.42. The van der Waals surface area contributed by atoms with E-state index in [-0.39, 0.29) is 46.1 Å². The summed E-state index contributed by atoms with van der Waals surface area (Å²) >= 11 is 0. The van der Waals surface area contributed by atoms with E-state index in [0.29, 0.717) is 36.4 Å². The number of hydrogen-bond donors (Lipinski definition) is 5. The van der Waals surface area contributed by atoms with Gasteiger partial charge in [0, 0.05) is 61.0 Å². The number of benzene rings is 3. The van der Waals surface area contributed by atoms with E-state index in [1.54, 1.807) is 40.1 Å². The van der Waals surface area contributed by atoms with Crippen molar-refractivity contribution in [2.24, 2.45) is 10.9 Å². The molecule has 0 saturated heterocycles. The van der Waals surface area contributed by atoms with Gasteiger partial charge in [0.05, 0.1) is 17.7 Å². The van der Waals surface area contributed by atoms with Crippen molar-refractivity contribution in [2.75, 3.05) is 27.2 Å². The fraction of sp³-hybridized carbons (Fsp3) is 0.383. The van der Waals surface area contributed by atoms with Crippen molar-refractivity contribution in [2.45, 2.75) is 88.5 Å². The molecule has 1 heterocycles. The number of aromatic carboxylic acids is 2. The first-order valence-corrected chi connectivity index (χ1v) is 19.8. The Balaban J connectivity index is -0.000000655. The Labute approximate surface area is 361 Å². The maximum Gasteiger partial charge on any atom is 0.335 e. The van der Waals surface area contributed by atoms with Gasteiger partial charge < -0.3 is 26.2 Å². The zero-order valence-corrected chi connectivity index (χ0v) is 37.8. The van der Waals surface area contributed by atoms with Crippen LogP contribution in [-0.4, -0.2) is 90.5 Å². The fourth-order valence-electron chi connectivity index (χ4n) is 4.07. The molecule has 1 unspecified atom stereocenters. The van der Waals surface area contributed by atoms with Gasteiger partial charge in [-0.05, 0) is 79.3 Å². The number of carbonyl (C=O) groups excluding carboxylic acids is 6. The first-order valence-electron chi connectivity index (χ1n) is 19.8. The van der Waals surface area contributed by atoms with Crippen LogP contribution < -0.4 is 16.0 Å². The molecule has 5 N–H and O–H groups in total. The first-order chi connectivity index (χ1) is 28.6. The van der Waals surface area contributed by atoms with Gasteiger partial charge in [0.15, 0.2) is 17.3 Å². The lowest BCUT2D eigenvalue weighted by Gasteiger charge is -1.96. The minimum absolute atomic E-state index is 0.0630. The highest BCUT2D eigenvalue weighted by molar-refractivity contribution is 5.97.